The first-order valence-corrected chi connectivity index (χ1v) is 10.8. The molecule has 0 fully saturated rings. The summed E-state index contributed by atoms with van der Waals surface area (Å²) in [4.78, 5) is 16.6. The zero-order chi connectivity index (χ0) is 18.8. The predicted molar refractivity (Wildman–Crippen MR) is 103 cm³/mol. The Hall–Kier alpha value is -1.13. The number of carbonyl (C=O) groups excluding carboxylic acids is 1. The molecule has 0 saturated heterocycles. The Balaban J connectivity index is 2.15. The minimum absolute atomic E-state index is 0.0483. The molecule has 1 aromatic heterocycles. The Labute approximate surface area is 160 Å². The van der Waals surface area contributed by atoms with E-state index in [1.165, 1.54) is 49.3 Å². The van der Waals surface area contributed by atoms with Gasteiger partial charge in [-0.1, -0.05) is 23.4 Å². The fourth-order valence-corrected chi connectivity index (χ4v) is 5.19. The second-order valence-corrected chi connectivity index (χ2v) is 10.4. The molecule has 0 aliphatic rings. The third kappa shape index (κ3) is 4.95. The van der Waals surface area contributed by atoms with Gasteiger partial charge in [-0.15, -0.1) is 11.3 Å². The molecule has 2 rings (SSSR count). The zero-order valence-corrected chi connectivity index (χ0v) is 17.3. The molecule has 1 atom stereocenters. The quantitative estimate of drug-likeness (QED) is 0.725. The van der Waals surface area contributed by atoms with Crippen molar-refractivity contribution in [3.8, 4) is 0 Å². The molecule has 0 aliphatic carbocycles. The molecule has 2 aromatic rings. The van der Waals surface area contributed by atoms with E-state index in [2.05, 4.69) is 10.3 Å². The number of carbonyl (C=O) groups is 1. The molecule has 6 nitrogen and oxygen atoms in total. The van der Waals surface area contributed by atoms with Crippen LogP contribution in [0.15, 0.2) is 32.8 Å². The van der Waals surface area contributed by atoms with Crippen molar-refractivity contribution in [1.29, 1.82) is 0 Å². The Morgan fingerprint density at radius 1 is 1.40 bits per heavy atom. The molecule has 136 valence electrons. The van der Waals surface area contributed by atoms with Gasteiger partial charge in [-0.05, 0) is 32.0 Å². The SMILES string of the molecule is Cc1csc(S[C@@H](C)C(=O)Nc2ccc(Cl)c(S(=O)(=O)N(C)C)c2)n1. The highest BCUT2D eigenvalue weighted by Crippen LogP contribution is 2.29. The summed E-state index contributed by atoms with van der Waals surface area (Å²) in [5, 5.41) is 4.37. The molecule has 0 aliphatic heterocycles. The predicted octanol–water partition coefficient (Wildman–Crippen LogP) is 3.47. The first kappa shape index (κ1) is 20.2. The van der Waals surface area contributed by atoms with Crippen LogP contribution in [0.3, 0.4) is 0 Å². The largest absolute Gasteiger partial charge is 0.325 e. The van der Waals surface area contributed by atoms with E-state index in [4.69, 9.17) is 11.6 Å². The van der Waals surface area contributed by atoms with E-state index in [0.717, 1.165) is 14.3 Å². The van der Waals surface area contributed by atoms with Crippen LogP contribution in [-0.2, 0) is 14.8 Å². The first-order chi connectivity index (χ1) is 11.6. The molecule has 0 unspecified atom stereocenters. The van der Waals surface area contributed by atoms with Crippen LogP contribution in [0.4, 0.5) is 5.69 Å². The van der Waals surface area contributed by atoms with Gasteiger partial charge in [0.05, 0.1) is 10.3 Å². The van der Waals surface area contributed by atoms with Crippen molar-refractivity contribution in [2.24, 2.45) is 0 Å². The summed E-state index contributed by atoms with van der Waals surface area (Å²) in [7, 11) is -0.851. The van der Waals surface area contributed by atoms with Gasteiger partial charge in [0.15, 0.2) is 4.34 Å². The van der Waals surface area contributed by atoms with Crippen molar-refractivity contribution < 1.29 is 13.2 Å². The van der Waals surface area contributed by atoms with E-state index in [0.29, 0.717) is 5.69 Å². The van der Waals surface area contributed by atoms with Crippen molar-refractivity contribution in [2.45, 2.75) is 28.3 Å². The molecular weight excluding hydrogens is 402 g/mol. The number of thiazole rings is 1. The lowest BCUT2D eigenvalue weighted by atomic mass is 10.3. The summed E-state index contributed by atoms with van der Waals surface area (Å²) in [6, 6.07) is 4.38. The van der Waals surface area contributed by atoms with Crippen LogP contribution in [0, 0.1) is 6.92 Å². The molecule has 0 bridgehead atoms. The number of aromatic nitrogens is 1. The van der Waals surface area contributed by atoms with Crippen LogP contribution in [0.2, 0.25) is 5.02 Å². The van der Waals surface area contributed by atoms with Crippen LogP contribution < -0.4 is 5.32 Å². The van der Waals surface area contributed by atoms with E-state index in [9.17, 15) is 13.2 Å². The monoisotopic (exact) mass is 419 g/mol. The highest BCUT2D eigenvalue weighted by atomic mass is 35.5. The molecule has 1 aromatic carbocycles. The number of aryl methyl sites for hydroxylation is 1. The minimum Gasteiger partial charge on any atom is -0.325 e. The summed E-state index contributed by atoms with van der Waals surface area (Å²) < 4.78 is 26.5. The maximum Gasteiger partial charge on any atom is 0.244 e. The number of benzene rings is 1. The van der Waals surface area contributed by atoms with Crippen molar-refractivity contribution in [1.82, 2.24) is 9.29 Å². The van der Waals surface area contributed by atoms with E-state index in [-0.39, 0.29) is 21.1 Å². The molecule has 1 N–H and O–H groups in total. The van der Waals surface area contributed by atoms with Gasteiger partial charge in [0.25, 0.3) is 0 Å². The molecule has 1 amide bonds. The van der Waals surface area contributed by atoms with Crippen molar-refractivity contribution in [2.75, 3.05) is 19.4 Å². The van der Waals surface area contributed by atoms with E-state index in [1.54, 1.807) is 13.0 Å². The van der Waals surface area contributed by atoms with Crippen molar-refractivity contribution >= 4 is 56.3 Å². The number of nitrogens with one attached hydrogen (secondary N) is 1. The average molecular weight is 420 g/mol. The highest BCUT2D eigenvalue weighted by molar-refractivity contribution is 8.02. The molecule has 0 spiro atoms. The third-order valence-corrected chi connectivity index (χ3v) is 7.69. The van der Waals surface area contributed by atoms with Crippen molar-refractivity contribution in [3.63, 3.8) is 0 Å². The molecular formula is C15H18ClN3O3S3. The van der Waals surface area contributed by atoms with Crippen LogP contribution in [0.25, 0.3) is 0 Å². The van der Waals surface area contributed by atoms with Gasteiger partial charge in [0.1, 0.15) is 4.90 Å². The van der Waals surface area contributed by atoms with Crippen molar-refractivity contribution in [3.05, 3.63) is 34.3 Å². The highest BCUT2D eigenvalue weighted by Gasteiger charge is 2.22. The van der Waals surface area contributed by atoms with Gasteiger partial charge >= 0.3 is 0 Å². The number of sulfonamides is 1. The Kier molecular flexibility index (Phi) is 6.50. The summed E-state index contributed by atoms with van der Waals surface area (Å²) in [6.45, 7) is 3.66. The Bertz CT molecular complexity index is 881. The third-order valence-electron chi connectivity index (χ3n) is 3.20. The van der Waals surface area contributed by atoms with Gasteiger partial charge in [-0.2, -0.15) is 0 Å². The van der Waals surface area contributed by atoms with E-state index in [1.807, 2.05) is 12.3 Å². The maximum atomic E-state index is 12.4. The number of anilines is 1. The molecule has 25 heavy (non-hydrogen) atoms. The molecule has 0 radical (unpaired) electrons. The summed E-state index contributed by atoms with van der Waals surface area (Å²) in [6.07, 6.45) is 0. The normalized spacial score (nSPS) is 13.0. The lowest BCUT2D eigenvalue weighted by Gasteiger charge is -2.15. The number of rotatable bonds is 6. The average Bonchev–Trinajstić information content (AvgIpc) is 2.93. The lowest BCUT2D eigenvalue weighted by Crippen LogP contribution is -2.24. The summed E-state index contributed by atoms with van der Waals surface area (Å²) in [5.74, 6) is -0.242. The fourth-order valence-electron chi connectivity index (χ4n) is 1.81. The molecule has 10 heteroatoms. The molecule has 0 saturated carbocycles. The van der Waals surface area contributed by atoms with Gasteiger partial charge in [0.2, 0.25) is 15.9 Å². The van der Waals surface area contributed by atoms with Crippen LogP contribution in [-0.4, -0.2) is 43.0 Å². The Morgan fingerprint density at radius 2 is 2.08 bits per heavy atom. The van der Waals surface area contributed by atoms with Crippen LogP contribution in [0.5, 0.6) is 0 Å². The topological polar surface area (TPSA) is 79.4 Å². The van der Waals surface area contributed by atoms with E-state index >= 15 is 0 Å². The van der Waals surface area contributed by atoms with Crippen LogP contribution in [0.1, 0.15) is 12.6 Å². The number of nitrogens with zero attached hydrogens (tertiary/aromatic N) is 2. The van der Waals surface area contributed by atoms with Gasteiger partial charge < -0.3 is 5.32 Å². The second-order valence-electron chi connectivity index (χ2n) is 5.44. The maximum absolute atomic E-state index is 12.4. The fraction of sp³-hybridized carbons (Fsp3) is 0.333. The van der Waals surface area contributed by atoms with E-state index < -0.39 is 10.0 Å². The minimum atomic E-state index is -3.70. The van der Waals surface area contributed by atoms with Gasteiger partial charge in [0, 0.05) is 30.9 Å². The summed E-state index contributed by atoms with van der Waals surface area (Å²) in [5.41, 5.74) is 1.29. The lowest BCUT2D eigenvalue weighted by molar-refractivity contribution is -0.115. The second kappa shape index (κ2) is 8.05. The summed E-state index contributed by atoms with van der Waals surface area (Å²) >= 11 is 8.84. The standard InChI is InChI=1S/C15H18ClN3O3S3/c1-9-8-23-15(17-9)24-10(2)14(20)18-11-5-6-12(16)13(7-11)25(21,22)19(3)4/h5-8,10H,1-4H3,(H,18,20)/t10-/m0/s1. The first-order valence-electron chi connectivity index (χ1n) is 7.23. The van der Waals surface area contributed by atoms with Gasteiger partial charge in [-0.25, -0.2) is 17.7 Å². The van der Waals surface area contributed by atoms with Gasteiger partial charge in [-0.3, -0.25) is 4.79 Å². The number of hydrogen-bond donors (Lipinski definition) is 1. The number of hydrogen-bond acceptors (Lipinski definition) is 6. The molecule has 1 heterocycles. The number of amides is 1. The number of halogens is 1. The Morgan fingerprint density at radius 3 is 2.64 bits per heavy atom. The number of thioether (sulfide) groups is 1. The zero-order valence-electron chi connectivity index (χ0n) is 14.1. The van der Waals surface area contributed by atoms with Crippen LogP contribution >= 0.6 is 34.7 Å². The smallest absolute Gasteiger partial charge is 0.244 e.